The molecule has 0 atom stereocenters. The fourth-order valence-electron chi connectivity index (χ4n) is 1.96. The van der Waals surface area contributed by atoms with Crippen LogP contribution in [0.1, 0.15) is 12.5 Å². The Kier molecular flexibility index (Phi) is 5.36. The van der Waals surface area contributed by atoms with Crippen molar-refractivity contribution in [3.63, 3.8) is 0 Å². The molecule has 0 aliphatic heterocycles. The number of carbonyl (C=O) groups excluding carboxylic acids is 1. The highest BCUT2D eigenvalue weighted by Crippen LogP contribution is 2.19. The Morgan fingerprint density at radius 1 is 1.09 bits per heavy atom. The fraction of sp³-hybridized carbons (Fsp3) is 0.188. The summed E-state index contributed by atoms with van der Waals surface area (Å²) >= 11 is 0. The van der Waals surface area contributed by atoms with Crippen LogP contribution in [-0.4, -0.2) is 21.5 Å². The summed E-state index contributed by atoms with van der Waals surface area (Å²) in [7, 11) is -2.15. The number of hydrogen-bond donors (Lipinski definition) is 1. The van der Waals surface area contributed by atoms with Crippen molar-refractivity contribution in [2.24, 2.45) is 0 Å². The minimum absolute atomic E-state index is 0.0864. The van der Waals surface area contributed by atoms with E-state index in [9.17, 15) is 13.2 Å². The zero-order valence-electron chi connectivity index (χ0n) is 12.8. The minimum Gasteiger partial charge on any atom is -0.496 e. The molecule has 0 aromatic heterocycles. The molecule has 0 fully saturated rings. The maximum Gasteiger partial charge on any atom is 0.308 e. The van der Waals surface area contributed by atoms with Crippen LogP contribution in [0.2, 0.25) is 0 Å². The second-order valence-corrected chi connectivity index (χ2v) is 6.47. The molecule has 0 amide bonds. The zero-order chi connectivity index (χ0) is 16.9. The molecule has 0 aliphatic rings. The van der Waals surface area contributed by atoms with E-state index in [0.717, 1.165) is 5.56 Å². The van der Waals surface area contributed by atoms with Gasteiger partial charge in [0.25, 0.3) is 0 Å². The molecule has 0 spiro atoms. The average Bonchev–Trinajstić information content (AvgIpc) is 2.53. The standard InChI is InChI=1S/C16H17NO5S/c1-12(18)22-14-7-9-15(10-8-14)23(19,20)17-11-13-5-3-4-6-16(13)21-2/h3-10,17H,11H2,1-2H3. The summed E-state index contributed by atoms with van der Waals surface area (Å²) in [6.07, 6.45) is 0. The highest BCUT2D eigenvalue weighted by atomic mass is 32.2. The van der Waals surface area contributed by atoms with E-state index < -0.39 is 16.0 Å². The van der Waals surface area contributed by atoms with Gasteiger partial charge in [-0.15, -0.1) is 0 Å². The number of esters is 1. The number of hydrogen-bond acceptors (Lipinski definition) is 5. The van der Waals surface area contributed by atoms with Crippen molar-refractivity contribution in [2.75, 3.05) is 7.11 Å². The number of ether oxygens (including phenoxy) is 2. The van der Waals surface area contributed by atoms with E-state index in [1.54, 1.807) is 18.2 Å². The van der Waals surface area contributed by atoms with Crippen molar-refractivity contribution in [1.82, 2.24) is 4.72 Å². The second kappa shape index (κ2) is 7.26. The second-order valence-electron chi connectivity index (χ2n) is 4.70. The first kappa shape index (κ1) is 17.0. The number of benzene rings is 2. The van der Waals surface area contributed by atoms with Crippen LogP contribution >= 0.6 is 0 Å². The lowest BCUT2D eigenvalue weighted by Gasteiger charge is -2.10. The Labute approximate surface area is 135 Å². The molecule has 0 aliphatic carbocycles. The van der Waals surface area contributed by atoms with Crippen LogP contribution in [0.5, 0.6) is 11.5 Å². The number of rotatable bonds is 6. The monoisotopic (exact) mass is 335 g/mol. The van der Waals surface area contributed by atoms with E-state index >= 15 is 0 Å². The normalized spacial score (nSPS) is 11.0. The Hall–Kier alpha value is -2.38. The van der Waals surface area contributed by atoms with E-state index in [1.807, 2.05) is 6.07 Å². The van der Waals surface area contributed by atoms with E-state index in [4.69, 9.17) is 9.47 Å². The summed E-state index contributed by atoms with van der Waals surface area (Å²) in [5.74, 6) is 0.441. The number of nitrogens with one attached hydrogen (secondary N) is 1. The molecule has 0 bridgehead atoms. The van der Waals surface area contributed by atoms with Gasteiger partial charge in [0, 0.05) is 19.0 Å². The van der Waals surface area contributed by atoms with Crippen LogP contribution in [0.4, 0.5) is 0 Å². The van der Waals surface area contributed by atoms with Gasteiger partial charge in [-0.3, -0.25) is 4.79 Å². The molecule has 7 heteroatoms. The van der Waals surface area contributed by atoms with E-state index in [2.05, 4.69) is 4.72 Å². The molecular formula is C16H17NO5S. The third kappa shape index (κ3) is 4.54. The van der Waals surface area contributed by atoms with Crippen molar-refractivity contribution >= 4 is 16.0 Å². The molecule has 0 heterocycles. The summed E-state index contributed by atoms with van der Waals surface area (Å²) in [6.45, 7) is 1.39. The lowest BCUT2D eigenvalue weighted by atomic mass is 10.2. The summed E-state index contributed by atoms with van der Waals surface area (Å²) in [4.78, 5) is 10.9. The quantitative estimate of drug-likeness (QED) is 0.646. The van der Waals surface area contributed by atoms with E-state index in [1.165, 1.54) is 38.3 Å². The van der Waals surface area contributed by atoms with Crippen molar-refractivity contribution < 1.29 is 22.7 Å². The third-order valence-corrected chi connectivity index (χ3v) is 4.46. The van der Waals surface area contributed by atoms with Crippen molar-refractivity contribution in [3.05, 3.63) is 54.1 Å². The van der Waals surface area contributed by atoms with Gasteiger partial charge in [-0.2, -0.15) is 0 Å². The Morgan fingerprint density at radius 3 is 2.35 bits per heavy atom. The van der Waals surface area contributed by atoms with Gasteiger partial charge < -0.3 is 9.47 Å². The first-order valence-corrected chi connectivity index (χ1v) is 8.31. The van der Waals surface area contributed by atoms with Gasteiger partial charge in [-0.25, -0.2) is 13.1 Å². The molecule has 23 heavy (non-hydrogen) atoms. The summed E-state index contributed by atoms with van der Waals surface area (Å²) in [5.41, 5.74) is 0.732. The number of methoxy groups -OCH3 is 1. The van der Waals surface area contributed by atoms with Gasteiger partial charge in [0.15, 0.2) is 0 Å². The lowest BCUT2D eigenvalue weighted by Crippen LogP contribution is -2.23. The van der Waals surface area contributed by atoms with Crippen LogP contribution in [0.15, 0.2) is 53.4 Å². The van der Waals surface area contributed by atoms with Gasteiger partial charge in [-0.05, 0) is 30.3 Å². The SMILES string of the molecule is COc1ccccc1CNS(=O)(=O)c1ccc(OC(C)=O)cc1. The summed E-state index contributed by atoms with van der Waals surface area (Å²) < 4.78 is 37.1. The molecule has 0 unspecified atom stereocenters. The highest BCUT2D eigenvalue weighted by Gasteiger charge is 2.15. The van der Waals surface area contributed by atoms with Crippen molar-refractivity contribution in [3.8, 4) is 11.5 Å². The lowest BCUT2D eigenvalue weighted by molar-refractivity contribution is -0.131. The first-order valence-electron chi connectivity index (χ1n) is 6.82. The maximum absolute atomic E-state index is 12.3. The molecule has 0 radical (unpaired) electrons. The van der Waals surface area contributed by atoms with Gasteiger partial charge in [0.05, 0.1) is 12.0 Å². The molecule has 122 valence electrons. The molecule has 0 saturated carbocycles. The zero-order valence-corrected chi connectivity index (χ0v) is 13.6. The fourth-order valence-corrected chi connectivity index (χ4v) is 2.96. The topological polar surface area (TPSA) is 81.7 Å². The molecule has 0 saturated heterocycles. The minimum atomic E-state index is -3.67. The molecule has 2 aromatic carbocycles. The van der Waals surface area contributed by atoms with Crippen LogP contribution in [0.3, 0.4) is 0 Å². The van der Waals surface area contributed by atoms with Crippen molar-refractivity contribution in [1.29, 1.82) is 0 Å². The molecule has 1 N–H and O–H groups in total. The number of carbonyl (C=O) groups is 1. The molecular weight excluding hydrogens is 318 g/mol. The molecule has 2 aromatic rings. The third-order valence-electron chi connectivity index (χ3n) is 3.04. The van der Waals surface area contributed by atoms with Gasteiger partial charge >= 0.3 is 5.97 Å². The Balaban J connectivity index is 2.11. The molecule has 2 rings (SSSR count). The predicted octanol–water partition coefficient (Wildman–Crippen LogP) is 2.10. The Morgan fingerprint density at radius 2 is 1.74 bits per heavy atom. The Bertz CT molecular complexity index is 784. The highest BCUT2D eigenvalue weighted by molar-refractivity contribution is 7.89. The predicted molar refractivity (Wildman–Crippen MR) is 84.8 cm³/mol. The van der Waals surface area contributed by atoms with Crippen LogP contribution in [0.25, 0.3) is 0 Å². The van der Waals surface area contributed by atoms with Gasteiger partial charge in [0.1, 0.15) is 11.5 Å². The van der Waals surface area contributed by atoms with Crippen LogP contribution in [-0.2, 0) is 21.4 Å². The average molecular weight is 335 g/mol. The number of para-hydroxylation sites is 1. The first-order chi connectivity index (χ1) is 10.9. The summed E-state index contributed by atoms with van der Waals surface area (Å²) in [5, 5.41) is 0. The van der Waals surface area contributed by atoms with Gasteiger partial charge in [-0.1, -0.05) is 18.2 Å². The summed E-state index contributed by atoms with van der Waals surface area (Å²) in [6, 6.07) is 12.8. The largest absolute Gasteiger partial charge is 0.496 e. The van der Waals surface area contributed by atoms with Crippen LogP contribution < -0.4 is 14.2 Å². The van der Waals surface area contributed by atoms with E-state index in [0.29, 0.717) is 11.5 Å². The molecule has 6 nitrogen and oxygen atoms in total. The van der Waals surface area contributed by atoms with Crippen LogP contribution in [0, 0.1) is 0 Å². The van der Waals surface area contributed by atoms with E-state index in [-0.39, 0.29) is 11.4 Å². The van der Waals surface area contributed by atoms with Crippen molar-refractivity contribution in [2.45, 2.75) is 18.4 Å². The smallest absolute Gasteiger partial charge is 0.308 e. The van der Waals surface area contributed by atoms with Gasteiger partial charge in [0.2, 0.25) is 10.0 Å². The maximum atomic E-state index is 12.3. The number of sulfonamides is 1.